The molecule has 0 atom stereocenters. The number of benzene rings is 1. The number of rotatable bonds is 5. The quantitative estimate of drug-likeness (QED) is 0.881. The number of hydrogen-bond donors (Lipinski definition) is 1. The predicted octanol–water partition coefficient (Wildman–Crippen LogP) is 3.38. The second-order valence-electron chi connectivity index (χ2n) is 3.54. The molecule has 0 amide bonds. The van der Waals surface area contributed by atoms with Crippen LogP contribution in [-0.4, -0.2) is 14.2 Å². The van der Waals surface area contributed by atoms with Crippen LogP contribution in [0, 0.1) is 0 Å². The molecule has 0 saturated carbocycles. The maximum absolute atomic E-state index is 5.34. The monoisotopic (exact) mass is 249 g/mol. The highest BCUT2D eigenvalue weighted by atomic mass is 32.1. The predicted molar refractivity (Wildman–Crippen MR) is 71.2 cm³/mol. The number of methoxy groups -OCH3 is 2. The van der Waals surface area contributed by atoms with Crippen molar-refractivity contribution >= 4 is 17.0 Å². The highest BCUT2D eigenvalue weighted by Crippen LogP contribution is 2.25. The van der Waals surface area contributed by atoms with Crippen molar-refractivity contribution in [2.45, 2.75) is 6.54 Å². The molecule has 17 heavy (non-hydrogen) atoms. The van der Waals surface area contributed by atoms with Crippen molar-refractivity contribution in [1.29, 1.82) is 0 Å². The maximum atomic E-state index is 5.34. The van der Waals surface area contributed by atoms with Crippen LogP contribution >= 0.6 is 11.3 Å². The van der Waals surface area contributed by atoms with Gasteiger partial charge in [0.05, 0.1) is 14.2 Å². The van der Waals surface area contributed by atoms with Gasteiger partial charge in [-0.05, 0) is 23.6 Å². The smallest absolute Gasteiger partial charge is 0.127 e. The van der Waals surface area contributed by atoms with Gasteiger partial charge in [0.25, 0.3) is 0 Å². The van der Waals surface area contributed by atoms with Crippen LogP contribution in [0.5, 0.6) is 11.5 Å². The van der Waals surface area contributed by atoms with Crippen molar-refractivity contribution in [3.05, 3.63) is 40.6 Å². The summed E-state index contributed by atoms with van der Waals surface area (Å²) in [5.74, 6) is 1.65. The zero-order valence-corrected chi connectivity index (χ0v) is 10.7. The molecule has 3 nitrogen and oxygen atoms in total. The number of nitrogens with one attached hydrogen (secondary N) is 1. The lowest BCUT2D eigenvalue weighted by atomic mass is 10.2. The van der Waals surface area contributed by atoms with Gasteiger partial charge in [-0.25, -0.2) is 0 Å². The second-order valence-corrected chi connectivity index (χ2v) is 4.32. The van der Waals surface area contributed by atoms with E-state index in [4.69, 9.17) is 9.47 Å². The van der Waals surface area contributed by atoms with E-state index in [0.717, 1.165) is 29.3 Å². The van der Waals surface area contributed by atoms with Crippen molar-refractivity contribution in [3.63, 3.8) is 0 Å². The van der Waals surface area contributed by atoms with E-state index in [1.54, 1.807) is 25.6 Å². The van der Waals surface area contributed by atoms with Gasteiger partial charge in [-0.1, -0.05) is 0 Å². The topological polar surface area (TPSA) is 30.5 Å². The van der Waals surface area contributed by atoms with Gasteiger partial charge in [0.15, 0.2) is 0 Å². The largest absolute Gasteiger partial charge is 0.497 e. The second kappa shape index (κ2) is 5.59. The van der Waals surface area contributed by atoms with Crippen LogP contribution < -0.4 is 14.8 Å². The fraction of sp³-hybridized carbons (Fsp3) is 0.231. The summed E-state index contributed by atoms with van der Waals surface area (Å²) >= 11 is 1.68. The highest BCUT2D eigenvalue weighted by molar-refractivity contribution is 7.08. The number of ether oxygens (including phenoxy) is 2. The Morgan fingerprint density at radius 2 is 2.06 bits per heavy atom. The molecule has 0 aliphatic carbocycles. The van der Waals surface area contributed by atoms with E-state index in [0.29, 0.717) is 0 Å². The molecule has 2 rings (SSSR count). The molecular formula is C13H15NO2S. The summed E-state index contributed by atoms with van der Waals surface area (Å²) in [6.45, 7) is 0.740. The first kappa shape index (κ1) is 11.8. The Kier molecular flexibility index (Phi) is 3.88. The third-order valence-electron chi connectivity index (χ3n) is 2.50. The molecule has 4 heteroatoms. The summed E-state index contributed by atoms with van der Waals surface area (Å²) in [7, 11) is 3.32. The van der Waals surface area contributed by atoms with Crippen LogP contribution in [0.15, 0.2) is 35.0 Å². The minimum Gasteiger partial charge on any atom is -0.497 e. The molecule has 0 saturated heterocycles. The molecule has 2 aromatic rings. The van der Waals surface area contributed by atoms with Gasteiger partial charge in [0.1, 0.15) is 11.5 Å². The van der Waals surface area contributed by atoms with E-state index in [1.165, 1.54) is 0 Å². The zero-order valence-electron chi connectivity index (χ0n) is 9.90. The van der Waals surface area contributed by atoms with E-state index >= 15 is 0 Å². The summed E-state index contributed by atoms with van der Waals surface area (Å²) < 4.78 is 10.5. The van der Waals surface area contributed by atoms with Gasteiger partial charge >= 0.3 is 0 Å². The van der Waals surface area contributed by atoms with Crippen molar-refractivity contribution in [2.24, 2.45) is 0 Å². The van der Waals surface area contributed by atoms with Crippen LogP contribution in [0.4, 0.5) is 5.69 Å². The van der Waals surface area contributed by atoms with Crippen LogP contribution in [-0.2, 0) is 6.54 Å². The molecule has 1 aromatic heterocycles. The first-order valence-corrected chi connectivity index (χ1v) is 6.24. The van der Waals surface area contributed by atoms with Gasteiger partial charge in [0, 0.05) is 29.2 Å². The minimum atomic E-state index is 0.740. The zero-order chi connectivity index (χ0) is 12.1. The van der Waals surface area contributed by atoms with Crippen LogP contribution in [0.3, 0.4) is 0 Å². The van der Waals surface area contributed by atoms with Crippen molar-refractivity contribution < 1.29 is 9.47 Å². The molecule has 0 bridgehead atoms. The molecule has 1 N–H and O–H groups in total. The molecule has 0 radical (unpaired) electrons. The molecule has 1 aromatic carbocycles. The first-order valence-electron chi connectivity index (χ1n) is 5.30. The van der Waals surface area contributed by atoms with Gasteiger partial charge in [-0.2, -0.15) is 11.3 Å². The van der Waals surface area contributed by atoms with Crippen molar-refractivity contribution in [2.75, 3.05) is 19.5 Å². The van der Waals surface area contributed by atoms with E-state index < -0.39 is 0 Å². The molecule has 0 aliphatic heterocycles. The Bertz CT molecular complexity index is 468. The Hall–Kier alpha value is -1.68. The fourth-order valence-corrected chi connectivity index (χ4v) is 2.17. The lowest BCUT2D eigenvalue weighted by molar-refractivity contribution is 0.391. The molecule has 0 spiro atoms. The Morgan fingerprint density at radius 1 is 1.18 bits per heavy atom. The van der Waals surface area contributed by atoms with E-state index in [-0.39, 0.29) is 0 Å². The highest BCUT2D eigenvalue weighted by Gasteiger charge is 2.04. The van der Waals surface area contributed by atoms with Gasteiger partial charge in [-0.3, -0.25) is 0 Å². The third kappa shape index (κ3) is 2.91. The van der Waals surface area contributed by atoms with Crippen LogP contribution in [0.1, 0.15) is 5.56 Å². The summed E-state index contributed by atoms with van der Waals surface area (Å²) in [6, 6.07) is 7.90. The fourth-order valence-electron chi connectivity index (χ4n) is 1.56. The van der Waals surface area contributed by atoms with E-state index in [9.17, 15) is 0 Å². The lowest BCUT2D eigenvalue weighted by Gasteiger charge is -2.11. The standard InChI is InChI=1S/C13H15NO2S/c1-15-12-4-3-10(13(7-12)16-2)8-14-11-5-6-17-9-11/h3-7,9,14H,8H2,1-2H3. The minimum absolute atomic E-state index is 0.740. The summed E-state index contributed by atoms with van der Waals surface area (Å²) in [6.07, 6.45) is 0. The van der Waals surface area contributed by atoms with Crippen LogP contribution in [0.2, 0.25) is 0 Å². The summed E-state index contributed by atoms with van der Waals surface area (Å²) in [5.41, 5.74) is 2.24. The van der Waals surface area contributed by atoms with E-state index in [1.807, 2.05) is 23.6 Å². The number of anilines is 1. The Balaban J connectivity index is 2.09. The summed E-state index contributed by atoms with van der Waals surface area (Å²) in [4.78, 5) is 0. The Morgan fingerprint density at radius 3 is 2.71 bits per heavy atom. The average molecular weight is 249 g/mol. The molecule has 90 valence electrons. The number of thiophene rings is 1. The van der Waals surface area contributed by atoms with Gasteiger partial charge < -0.3 is 14.8 Å². The van der Waals surface area contributed by atoms with Gasteiger partial charge in [0.2, 0.25) is 0 Å². The molecule has 1 heterocycles. The van der Waals surface area contributed by atoms with Gasteiger partial charge in [-0.15, -0.1) is 0 Å². The first-order chi connectivity index (χ1) is 8.33. The SMILES string of the molecule is COc1ccc(CNc2ccsc2)c(OC)c1. The molecule has 0 fully saturated rings. The molecule has 0 unspecified atom stereocenters. The van der Waals surface area contributed by atoms with Crippen LogP contribution in [0.25, 0.3) is 0 Å². The Labute approximate surface area is 105 Å². The normalized spacial score (nSPS) is 10.0. The molecular weight excluding hydrogens is 234 g/mol. The van der Waals surface area contributed by atoms with E-state index in [2.05, 4.69) is 16.8 Å². The van der Waals surface area contributed by atoms with Crippen molar-refractivity contribution in [1.82, 2.24) is 0 Å². The third-order valence-corrected chi connectivity index (χ3v) is 3.18. The number of hydrogen-bond acceptors (Lipinski definition) is 4. The van der Waals surface area contributed by atoms with Crippen molar-refractivity contribution in [3.8, 4) is 11.5 Å². The average Bonchev–Trinajstić information content (AvgIpc) is 2.89. The lowest BCUT2D eigenvalue weighted by Crippen LogP contribution is -2.01. The maximum Gasteiger partial charge on any atom is 0.127 e. The molecule has 0 aliphatic rings. The summed E-state index contributed by atoms with van der Waals surface area (Å²) in [5, 5.41) is 7.47.